The minimum atomic E-state index is -0.362. The Hall–Kier alpha value is -3.10. The van der Waals surface area contributed by atoms with Crippen molar-refractivity contribution in [1.29, 1.82) is 0 Å². The third-order valence-electron chi connectivity index (χ3n) is 5.24. The molecule has 0 bridgehead atoms. The van der Waals surface area contributed by atoms with Crippen molar-refractivity contribution in [2.75, 3.05) is 41.7 Å². The number of aromatic nitrogens is 1. The molecule has 0 saturated carbocycles. The van der Waals surface area contributed by atoms with Gasteiger partial charge in [0.25, 0.3) is 0 Å². The van der Waals surface area contributed by atoms with Crippen LogP contribution in [0.1, 0.15) is 11.3 Å². The number of urea groups is 1. The van der Waals surface area contributed by atoms with Crippen LogP contribution in [-0.4, -0.2) is 48.0 Å². The number of hydrogen-bond acceptors (Lipinski definition) is 5. The van der Waals surface area contributed by atoms with Crippen LogP contribution in [0.4, 0.5) is 21.3 Å². The molecule has 166 valence electrons. The maximum absolute atomic E-state index is 12.7. The summed E-state index contributed by atoms with van der Waals surface area (Å²) in [5.74, 6) is 0.0433. The number of halogens is 1. The van der Waals surface area contributed by atoms with Gasteiger partial charge in [-0.25, -0.2) is 9.78 Å². The number of aryl methyl sites for hydroxylation is 1. The molecule has 1 saturated heterocycles. The SMILES string of the molecule is Cc1ccc(NC(=O)Nc2nc(CC(=O)N3CCN(c4ccc(Cl)cc4)CC3)cs2)cc1. The molecule has 2 N–H and O–H groups in total. The molecule has 3 aromatic rings. The highest BCUT2D eigenvalue weighted by Crippen LogP contribution is 2.21. The van der Waals surface area contributed by atoms with Crippen LogP contribution in [0.15, 0.2) is 53.9 Å². The number of carbonyl (C=O) groups excluding carboxylic acids is 2. The van der Waals surface area contributed by atoms with Gasteiger partial charge in [-0.3, -0.25) is 10.1 Å². The number of hydrogen-bond donors (Lipinski definition) is 2. The number of rotatable bonds is 5. The third kappa shape index (κ3) is 5.77. The zero-order chi connectivity index (χ0) is 22.5. The van der Waals surface area contributed by atoms with Gasteiger partial charge < -0.3 is 15.1 Å². The summed E-state index contributed by atoms with van der Waals surface area (Å²) < 4.78 is 0. The summed E-state index contributed by atoms with van der Waals surface area (Å²) in [5, 5.41) is 8.48. The smallest absolute Gasteiger partial charge is 0.325 e. The van der Waals surface area contributed by atoms with E-state index >= 15 is 0 Å². The molecular formula is C23H24ClN5O2S. The second-order valence-electron chi connectivity index (χ2n) is 7.61. The Balaban J connectivity index is 1.25. The van der Waals surface area contributed by atoms with E-state index in [0.717, 1.165) is 24.3 Å². The van der Waals surface area contributed by atoms with Gasteiger partial charge in [0.1, 0.15) is 0 Å². The number of amides is 3. The average Bonchev–Trinajstić information content (AvgIpc) is 3.22. The number of nitrogens with zero attached hydrogens (tertiary/aromatic N) is 3. The monoisotopic (exact) mass is 469 g/mol. The van der Waals surface area contributed by atoms with Crippen molar-refractivity contribution in [3.63, 3.8) is 0 Å². The number of benzene rings is 2. The van der Waals surface area contributed by atoms with Crippen LogP contribution >= 0.6 is 22.9 Å². The summed E-state index contributed by atoms with van der Waals surface area (Å²) in [6.45, 7) is 4.86. The predicted molar refractivity (Wildman–Crippen MR) is 130 cm³/mol. The molecule has 0 spiro atoms. The summed E-state index contributed by atoms with van der Waals surface area (Å²) in [5.41, 5.74) is 3.60. The highest BCUT2D eigenvalue weighted by atomic mass is 35.5. The van der Waals surface area contributed by atoms with Gasteiger partial charge >= 0.3 is 6.03 Å². The fourth-order valence-corrected chi connectivity index (χ4v) is 4.31. The van der Waals surface area contributed by atoms with E-state index < -0.39 is 0 Å². The normalized spacial score (nSPS) is 13.7. The van der Waals surface area contributed by atoms with Crippen molar-refractivity contribution in [1.82, 2.24) is 9.88 Å². The molecule has 1 aliphatic heterocycles. The van der Waals surface area contributed by atoms with Crippen LogP contribution in [0.5, 0.6) is 0 Å². The molecule has 2 aromatic carbocycles. The van der Waals surface area contributed by atoms with Gasteiger partial charge in [-0.1, -0.05) is 29.3 Å². The van der Waals surface area contributed by atoms with Gasteiger partial charge in [0.05, 0.1) is 12.1 Å². The quantitative estimate of drug-likeness (QED) is 0.570. The van der Waals surface area contributed by atoms with E-state index in [1.807, 2.05) is 65.7 Å². The molecule has 2 heterocycles. The van der Waals surface area contributed by atoms with Crippen molar-refractivity contribution in [3.05, 3.63) is 70.2 Å². The van der Waals surface area contributed by atoms with Crippen LogP contribution in [0.25, 0.3) is 0 Å². The molecule has 3 amide bonds. The fourth-order valence-electron chi connectivity index (χ4n) is 3.47. The summed E-state index contributed by atoms with van der Waals surface area (Å²) >= 11 is 7.27. The second kappa shape index (κ2) is 10.0. The molecule has 1 aliphatic rings. The third-order valence-corrected chi connectivity index (χ3v) is 6.30. The molecule has 0 atom stereocenters. The van der Waals surface area contributed by atoms with Gasteiger partial charge in [-0.05, 0) is 43.3 Å². The first-order chi connectivity index (χ1) is 15.5. The molecule has 1 aromatic heterocycles. The molecule has 32 heavy (non-hydrogen) atoms. The van der Waals surface area contributed by atoms with Crippen molar-refractivity contribution >= 4 is 51.4 Å². The van der Waals surface area contributed by atoms with E-state index in [1.165, 1.54) is 11.3 Å². The number of carbonyl (C=O) groups is 2. The number of nitrogens with one attached hydrogen (secondary N) is 2. The summed E-state index contributed by atoms with van der Waals surface area (Å²) in [4.78, 5) is 33.4. The first-order valence-electron chi connectivity index (χ1n) is 10.3. The fraction of sp³-hybridized carbons (Fsp3) is 0.261. The molecule has 0 radical (unpaired) electrons. The van der Waals surface area contributed by atoms with E-state index in [4.69, 9.17) is 11.6 Å². The Morgan fingerprint density at radius 1 is 1.00 bits per heavy atom. The minimum Gasteiger partial charge on any atom is -0.368 e. The lowest BCUT2D eigenvalue weighted by molar-refractivity contribution is -0.130. The highest BCUT2D eigenvalue weighted by molar-refractivity contribution is 7.14. The van der Waals surface area contributed by atoms with Crippen molar-refractivity contribution in [2.45, 2.75) is 13.3 Å². The second-order valence-corrected chi connectivity index (χ2v) is 8.90. The van der Waals surface area contributed by atoms with E-state index in [-0.39, 0.29) is 18.4 Å². The van der Waals surface area contributed by atoms with E-state index in [9.17, 15) is 9.59 Å². The molecule has 1 fully saturated rings. The summed E-state index contributed by atoms with van der Waals surface area (Å²) in [6, 6.07) is 14.9. The van der Waals surface area contributed by atoms with E-state index in [1.54, 1.807) is 0 Å². The van der Waals surface area contributed by atoms with Crippen LogP contribution in [0, 0.1) is 6.92 Å². The maximum atomic E-state index is 12.7. The first-order valence-corrected chi connectivity index (χ1v) is 11.6. The van der Waals surface area contributed by atoms with Gasteiger partial charge in [-0.15, -0.1) is 11.3 Å². The zero-order valence-electron chi connectivity index (χ0n) is 17.7. The standard InChI is InChI=1S/C23H24ClN5O2S/c1-16-2-6-18(7-3-16)25-22(31)27-23-26-19(15-32-23)14-21(30)29-12-10-28(11-13-29)20-8-4-17(24)5-9-20/h2-9,15H,10-14H2,1H3,(H2,25,26,27,31). The Morgan fingerprint density at radius 2 is 1.69 bits per heavy atom. The topological polar surface area (TPSA) is 77.6 Å². The molecule has 0 aliphatic carbocycles. The van der Waals surface area contributed by atoms with Gasteiger partial charge in [0.15, 0.2) is 5.13 Å². The average molecular weight is 470 g/mol. The zero-order valence-corrected chi connectivity index (χ0v) is 19.2. The predicted octanol–water partition coefficient (Wildman–Crippen LogP) is 4.64. The highest BCUT2D eigenvalue weighted by Gasteiger charge is 2.22. The molecular weight excluding hydrogens is 446 g/mol. The number of thiazole rings is 1. The van der Waals surface area contributed by atoms with Crippen molar-refractivity contribution < 1.29 is 9.59 Å². The summed E-state index contributed by atoms with van der Waals surface area (Å²) in [6.07, 6.45) is 0.221. The maximum Gasteiger partial charge on any atom is 0.325 e. The molecule has 4 rings (SSSR count). The van der Waals surface area contributed by atoms with Crippen LogP contribution in [0.2, 0.25) is 5.02 Å². The lowest BCUT2D eigenvalue weighted by Gasteiger charge is -2.36. The molecule has 7 nitrogen and oxygen atoms in total. The summed E-state index contributed by atoms with van der Waals surface area (Å²) in [7, 11) is 0. The molecule has 9 heteroatoms. The van der Waals surface area contributed by atoms with E-state index in [2.05, 4.69) is 20.5 Å². The Morgan fingerprint density at radius 3 is 2.38 bits per heavy atom. The van der Waals surface area contributed by atoms with Crippen molar-refractivity contribution in [2.24, 2.45) is 0 Å². The van der Waals surface area contributed by atoms with Gasteiger partial charge in [0.2, 0.25) is 5.91 Å². The largest absolute Gasteiger partial charge is 0.368 e. The van der Waals surface area contributed by atoms with Crippen LogP contribution in [-0.2, 0) is 11.2 Å². The molecule has 0 unspecified atom stereocenters. The lowest BCUT2D eigenvalue weighted by atomic mass is 10.2. The van der Waals surface area contributed by atoms with Gasteiger partial charge in [0, 0.05) is 48.0 Å². The Bertz CT molecular complexity index is 1080. The lowest BCUT2D eigenvalue weighted by Crippen LogP contribution is -2.49. The van der Waals surface area contributed by atoms with Crippen LogP contribution < -0.4 is 15.5 Å². The minimum absolute atomic E-state index is 0.0433. The van der Waals surface area contributed by atoms with Crippen molar-refractivity contribution in [3.8, 4) is 0 Å². The Kier molecular flexibility index (Phi) is 6.92. The first kappa shape index (κ1) is 22.1. The Labute approximate surface area is 196 Å². The van der Waals surface area contributed by atoms with E-state index in [0.29, 0.717) is 34.6 Å². The number of piperazine rings is 1. The number of anilines is 3. The van der Waals surface area contributed by atoms with Crippen LogP contribution in [0.3, 0.4) is 0 Å². The van der Waals surface area contributed by atoms with Gasteiger partial charge in [-0.2, -0.15) is 0 Å².